The summed E-state index contributed by atoms with van der Waals surface area (Å²) in [5.74, 6) is -3.45. The second kappa shape index (κ2) is 12.5. The van der Waals surface area contributed by atoms with Crippen molar-refractivity contribution in [3.63, 3.8) is 0 Å². The summed E-state index contributed by atoms with van der Waals surface area (Å²) in [5.41, 5.74) is -3.78. The Hall–Kier alpha value is -3.07. The van der Waals surface area contributed by atoms with Crippen LogP contribution in [0, 0.1) is 29.1 Å². The van der Waals surface area contributed by atoms with Crippen LogP contribution in [0.3, 0.4) is 0 Å². The molecule has 0 unspecified atom stereocenters. The molecule has 0 heterocycles. The zero-order valence-corrected chi connectivity index (χ0v) is 26.1. The molecule has 8 heteroatoms. The monoisotopic (exact) mass is 594 g/mol. The van der Waals surface area contributed by atoms with Crippen LogP contribution in [0.5, 0.6) is 0 Å². The molecule has 1 spiro atoms. The molecule has 8 nitrogen and oxygen atoms in total. The van der Waals surface area contributed by atoms with Gasteiger partial charge < -0.3 is 24.8 Å². The molecule has 4 aliphatic rings. The molecule has 2 saturated carbocycles. The fourth-order valence-corrected chi connectivity index (χ4v) is 7.70. The maximum absolute atomic E-state index is 14.6. The average Bonchev–Trinajstić information content (AvgIpc) is 3.49. The van der Waals surface area contributed by atoms with Crippen LogP contribution in [0.2, 0.25) is 0 Å². The van der Waals surface area contributed by atoms with Crippen LogP contribution in [0.4, 0.5) is 0 Å². The van der Waals surface area contributed by atoms with E-state index < -0.39 is 65.1 Å². The van der Waals surface area contributed by atoms with Crippen molar-refractivity contribution in [2.24, 2.45) is 29.1 Å². The summed E-state index contributed by atoms with van der Waals surface area (Å²) in [6.45, 7) is 10.3. The Morgan fingerprint density at radius 2 is 1.88 bits per heavy atom. The van der Waals surface area contributed by atoms with E-state index in [2.05, 4.69) is 6.92 Å². The van der Waals surface area contributed by atoms with Crippen LogP contribution in [0.25, 0.3) is 0 Å². The quantitative estimate of drug-likeness (QED) is 0.111. The molecule has 2 fully saturated rings. The summed E-state index contributed by atoms with van der Waals surface area (Å²) >= 11 is 0. The van der Waals surface area contributed by atoms with E-state index in [4.69, 9.17) is 9.47 Å². The molecule has 9 atom stereocenters. The lowest BCUT2D eigenvalue weighted by atomic mass is 9.59. The van der Waals surface area contributed by atoms with Gasteiger partial charge in [-0.2, -0.15) is 0 Å². The molecule has 0 radical (unpaired) electrons. The van der Waals surface area contributed by atoms with E-state index in [1.54, 1.807) is 45.1 Å². The van der Waals surface area contributed by atoms with Crippen LogP contribution in [-0.2, 0) is 23.9 Å². The number of Topliss-reactive ketones (excluding diaryl/α,β-unsaturated/α-hetero) is 1. The van der Waals surface area contributed by atoms with E-state index in [-0.39, 0.29) is 17.3 Å². The van der Waals surface area contributed by atoms with Crippen molar-refractivity contribution in [2.45, 2.75) is 90.6 Å². The molecule has 0 aromatic rings. The first-order valence-electron chi connectivity index (χ1n) is 15.4. The van der Waals surface area contributed by atoms with Crippen molar-refractivity contribution in [1.29, 1.82) is 0 Å². The third kappa shape index (κ3) is 5.32. The third-order valence-electron chi connectivity index (χ3n) is 10.2. The van der Waals surface area contributed by atoms with Gasteiger partial charge in [0.1, 0.15) is 11.7 Å². The van der Waals surface area contributed by atoms with Crippen LogP contribution in [0.15, 0.2) is 71.4 Å². The van der Waals surface area contributed by atoms with Gasteiger partial charge in [0, 0.05) is 29.4 Å². The predicted octanol–water partition coefficient (Wildman–Crippen LogP) is 4.47. The molecule has 4 aliphatic carbocycles. The van der Waals surface area contributed by atoms with Gasteiger partial charge in [-0.25, -0.2) is 9.59 Å². The standard InChI is InChI=1S/C35H46O8/c1-7-9-10-11-12-13-14-15-16-27(37)42-31-22(4)19-34-23(5)17-26-28(33(26,6)43-32(40)21(3)8-2)25(30(34)39)18-24(20-36)29(38)35(31,34)41/h8,11-16,18-19,23,25-26,28-29,31,36,38,41H,7,9-10,17,20H2,1-6H3/b12-11+,14-13+,16-15+,21-8-/t23-,25+,26+,28-,29+,31+,33+,34+,35+/m1/s1. The summed E-state index contributed by atoms with van der Waals surface area (Å²) in [5, 5.41) is 34.5. The summed E-state index contributed by atoms with van der Waals surface area (Å²) in [4.78, 5) is 40.3. The van der Waals surface area contributed by atoms with Crippen LogP contribution < -0.4 is 0 Å². The first-order chi connectivity index (χ1) is 20.3. The van der Waals surface area contributed by atoms with Gasteiger partial charge in [0.15, 0.2) is 17.5 Å². The Balaban J connectivity index is 1.65. The Bertz CT molecular complexity index is 1320. The summed E-state index contributed by atoms with van der Waals surface area (Å²) in [6.07, 6.45) is 15.7. The van der Waals surface area contributed by atoms with Crippen LogP contribution in [-0.4, -0.2) is 63.1 Å². The maximum atomic E-state index is 14.6. The molecule has 4 rings (SSSR count). The molecule has 0 aromatic heterocycles. The van der Waals surface area contributed by atoms with E-state index >= 15 is 0 Å². The summed E-state index contributed by atoms with van der Waals surface area (Å²) in [7, 11) is 0. The topological polar surface area (TPSA) is 130 Å². The molecule has 0 aromatic carbocycles. The number of aliphatic hydroxyl groups is 3. The number of aliphatic hydroxyl groups excluding tert-OH is 2. The molecule has 234 valence electrons. The number of hydrogen-bond donors (Lipinski definition) is 3. The van der Waals surface area contributed by atoms with Crippen LogP contribution in [0.1, 0.15) is 67.2 Å². The second-order valence-electron chi connectivity index (χ2n) is 12.7. The lowest BCUT2D eigenvalue weighted by Crippen LogP contribution is -2.65. The number of carbonyl (C=O) groups excluding carboxylic acids is 3. The fourth-order valence-electron chi connectivity index (χ4n) is 7.70. The molecule has 3 N–H and O–H groups in total. The number of esters is 2. The van der Waals surface area contributed by atoms with Gasteiger partial charge in [0.25, 0.3) is 0 Å². The second-order valence-corrected chi connectivity index (χ2v) is 12.7. The van der Waals surface area contributed by atoms with Gasteiger partial charge in [-0.15, -0.1) is 0 Å². The van der Waals surface area contributed by atoms with Crippen molar-refractivity contribution < 1.29 is 39.2 Å². The van der Waals surface area contributed by atoms with Crippen molar-refractivity contribution in [2.75, 3.05) is 6.61 Å². The SMILES string of the molecule is C/C=C(/C)C(=O)O[C@]1(C)[C@@H]2[C@@H]3C=C(CO)[C@H](O)[C@]4(O)[C@@H](OC(=O)/C=C/C=C/C=C/CCCC)C(C)=C[C@@]4(C3=O)[C@H](C)C[C@@H]21. The highest BCUT2D eigenvalue weighted by molar-refractivity contribution is 5.96. The minimum atomic E-state index is -2.25. The first kappa shape index (κ1) is 32.8. The molecular formula is C35H46O8. The lowest BCUT2D eigenvalue weighted by Gasteiger charge is -2.48. The van der Waals surface area contributed by atoms with Gasteiger partial charge in [-0.3, -0.25) is 4.79 Å². The van der Waals surface area contributed by atoms with E-state index in [1.165, 1.54) is 18.2 Å². The zero-order chi connectivity index (χ0) is 31.7. The van der Waals surface area contributed by atoms with Crippen molar-refractivity contribution in [1.82, 2.24) is 0 Å². The highest BCUT2D eigenvalue weighted by atomic mass is 16.6. The molecule has 0 amide bonds. The zero-order valence-electron chi connectivity index (χ0n) is 26.1. The van der Waals surface area contributed by atoms with E-state index in [0.29, 0.717) is 17.6 Å². The van der Waals surface area contributed by atoms with Crippen molar-refractivity contribution in [3.8, 4) is 0 Å². The van der Waals surface area contributed by atoms with Gasteiger partial charge in [-0.05, 0) is 57.6 Å². The van der Waals surface area contributed by atoms with E-state index in [9.17, 15) is 29.7 Å². The maximum Gasteiger partial charge on any atom is 0.333 e. The van der Waals surface area contributed by atoms with Gasteiger partial charge in [-0.1, -0.05) is 75.3 Å². The number of rotatable bonds is 10. The van der Waals surface area contributed by atoms with Crippen molar-refractivity contribution in [3.05, 3.63) is 71.4 Å². The smallest absolute Gasteiger partial charge is 0.333 e. The molecular weight excluding hydrogens is 548 g/mol. The fraction of sp³-hybridized carbons (Fsp3) is 0.571. The first-order valence-corrected chi connectivity index (χ1v) is 15.4. The Labute approximate surface area is 254 Å². The van der Waals surface area contributed by atoms with Gasteiger partial charge >= 0.3 is 11.9 Å². The number of fused-ring (bicyclic) bond motifs is 3. The minimum absolute atomic E-state index is 0.0678. The highest BCUT2D eigenvalue weighted by Crippen LogP contribution is 2.69. The van der Waals surface area contributed by atoms with Gasteiger partial charge in [0.05, 0.1) is 12.0 Å². The van der Waals surface area contributed by atoms with Gasteiger partial charge in [0.2, 0.25) is 0 Å². The minimum Gasteiger partial charge on any atom is -0.455 e. The Morgan fingerprint density at radius 3 is 2.53 bits per heavy atom. The molecule has 0 saturated heterocycles. The normalized spacial score (nSPS) is 38.8. The number of ether oxygens (including phenoxy) is 2. The average molecular weight is 595 g/mol. The summed E-state index contributed by atoms with van der Waals surface area (Å²) < 4.78 is 11.7. The Kier molecular flexibility index (Phi) is 9.55. The number of unbranched alkanes of at least 4 members (excludes halogenated alkanes) is 2. The highest BCUT2D eigenvalue weighted by Gasteiger charge is 2.78. The molecule has 0 aliphatic heterocycles. The lowest BCUT2D eigenvalue weighted by molar-refractivity contribution is -0.201. The number of allylic oxidation sites excluding steroid dienone is 7. The number of ketones is 1. The number of hydrogen-bond acceptors (Lipinski definition) is 8. The number of carbonyl (C=O) groups is 3. The van der Waals surface area contributed by atoms with E-state index in [1.807, 2.05) is 26.0 Å². The van der Waals surface area contributed by atoms with E-state index in [0.717, 1.165) is 19.3 Å². The molecule has 43 heavy (non-hydrogen) atoms. The summed E-state index contributed by atoms with van der Waals surface area (Å²) in [6, 6.07) is 0. The predicted molar refractivity (Wildman–Crippen MR) is 162 cm³/mol. The van der Waals surface area contributed by atoms with Crippen molar-refractivity contribution >= 4 is 17.7 Å². The molecule has 2 bridgehead atoms. The largest absolute Gasteiger partial charge is 0.455 e. The Morgan fingerprint density at radius 1 is 1.19 bits per heavy atom. The third-order valence-corrected chi connectivity index (χ3v) is 10.2. The van der Waals surface area contributed by atoms with Crippen LogP contribution >= 0.6 is 0 Å².